The quantitative estimate of drug-likeness (QED) is 0.171. The summed E-state index contributed by atoms with van der Waals surface area (Å²) in [7, 11) is 0. The van der Waals surface area contributed by atoms with Crippen LogP contribution in [0.3, 0.4) is 0 Å². The van der Waals surface area contributed by atoms with E-state index in [9.17, 15) is 14.7 Å². The number of aromatic hydroxyl groups is 1. The fourth-order valence-corrected chi connectivity index (χ4v) is 4.43. The fraction of sp³-hybridized carbons (Fsp3) is 0.269. The second-order valence-electron chi connectivity index (χ2n) is 8.94. The lowest BCUT2D eigenvalue weighted by Crippen LogP contribution is -2.35. The Balaban J connectivity index is 1.35. The van der Waals surface area contributed by atoms with Crippen molar-refractivity contribution in [2.75, 3.05) is 6.54 Å². The number of phenols is 1. The molecule has 2 heterocycles. The number of aromatic nitrogens is 4. The zero-order chi connectivity index (χ0) is 26.1. The Morgan fingerprint density at radius 2 is 1.95 bits per heavy atom. The van der Waals surface area contributed by atoms with E-state index in [1.54, 1.807) is 12.4 Å². The number of hydrogen-bond donors (Lipinski definition) is 3. The molecule has 5 N–H and O–H groups in total. The van der Waals surface area contributed by atoms with Gasteiger partial charge in [0, 0.05) is 17.2 Å². The van der Waals surface area contributed by atoms with Gasteiger partial charge in [0.1, 0.15) is 29.6 Å². The molecular formula is C26H25ClN6O4. The summed E-state index contributed by atoms with van der Waals surface area (Å²) in [5.74, 6) is -1.08. The topological polar surface area (TPSA) is 159 Å². The molecule has 4 aromatic rings. The summed E-state index contributed by atoms with van der Waals surface area (Å²) in [6.07, 6.45) is 3.94. The van der Waals surface area contributed by atoms with E-state index in [0.717, 1.165) is 12.8 Å². The maximum atomic E-state index is 12.8. The summed E-state index contributed by atoms with van der Waals surface area (Å²) in [5.41, 5.74) is 15.6. The van der Waals surface area contributed by atoms with Gasteiger partial charge in [0.05, 0.1) is 12.9 Å². The molecule has 1 unspecified atom stereocenters. The van der Waals surface area contributed by atoms with Crippen LogP contribution in [0.25, 0.3) is 22.4 Å². The number of imidazole rings is 1. The number of halogens is 1. The molecule has 10 nitrogen and oxygen atoms in total. The predicted octanol–water partition coefficient (Wildman–Crippen LogP) is 2.94. The Labute approximate surface area is 217 Å². The number of esters is 1. The molecule has 2 aromatic carbocycles. The molecule has 2 aromatic heterocycles. The lowest BCUT2D eigenvalue weighted by molar-refractivity contribution is -0.146. The van der Waals surface area contributed by atoms with Gasteiger partial charge in [0.15, 0.2) is 11.4 Å². The third-order valence-corrected chi connectivity index (χ3v) is 6.47. The molecule has 0 saturated heterocycles. The van der Waals surface area contributed by atoms with Crippen LogP contribution in [0, 0.1) is 0 Å². The van der Waals surface area contributed by atoms with Crippen molar-refractivity contribution in [2.45, 2.75) is 38.0 Å². The van der Waals surface area contributed by atoms with E-state index in [0.29, 0.717) is 39.6 Å². The number of nitrogens with zero attached hydrogens (tertiary/aromatic N) is 4. The van der Waals surface area contributed by atoms with Gasteiger partial charge in [0.25, 0.3) is 0 Å². The lowest BCUT2D eigenvalue weighted by Gasteiger charge is -2.15. The van der Waals surface area contributed by atoms with E-state index in [-0.39, 0.29) is 42.0 Å². The van der Waals surface area contributed by atoms with Crippen LogP contribution in [-0.4, -0.2) is 49.0 Å². The van der Waals surface area contributed by atoms with Crippen LogP contribution in [0.2, 0.25) is 5.28 Å². The van der Waals surface area contributed by atoms with Crippen LogP contribution >= 0.6 is 11.6 Å². The second-order valence-corrected chi connectivity index (χ2v) is 9.28. The summed E-state index contributed by atoms with van der Waals surface area (Å²) in [5, 5.41) is 9.84. The third kappa shape index (κ3) is 5.17. The van der Waals surface area contributed by atoms with Gasteiger partial charge in [-0.05, 0) is 54.1 Å². The average molecular weight is 521 g/mol. The molecule has 0 spiro atoms. The van der Waals surface area contributed by atoms with Crippen molar-refractivity contribution in [1.82, 2.24) is 19.5 Å². The van der Waals surface area contributed by atoms with E-state index >= 15 is 0 Å². The number of carbonyl (C=O) groups excluding carboxylic acids is 2. The third-order valence-electron chi connectivity index (χ3n) is 6.30. The normalized spacial score (nSPS) is 14.0. The number of rotatable bonds is 9. The molecule has 1 aliphatic carbocycles. The Morgan fingerprint density at radius 1 is 1.16 bits per heavy atom. The molecule has 1 aliphatic rings. The first-order chi connectivity index (χ1) is 17.9. The summed E-state index contributed by atoms with van der Waals surface area (Å²) in [6.45, 7) is -0.286. The van der Waals surface area contributed by atoms with E-state index in [1.807, 2.05) is 28.8 Å². The van der Waals surface area contributed by atoms with Crippen molar-refractivity contribution in [2.24, 2.45) is 11.5 Å². The second kappa shape index (κ2) is 10.3. The van der Waals surface area contributed by atoms with Crippen molar-refractivity contribution in [3.05, 3.63) is 70.8 Å². The van der Waals surface area contributed by atoms with Gasteiger partial charge in [-0.25, -0.2) is 9.97 Å². The van der Waals surface area contributed by atoms with Crippen molar-refractivity contribution in [3.8, 4) is 17.0 Å². The first kappa shape index (κ1) is 24.8. The van der Waals surface area contributed by atoms with Gasteiger partial charge < -0.3 is 25.9 Å². The Hall–Kier alpha value is -3.86. The molecule has 37 heavy (non-hydrogen) atoms. The van der Waals surface area contributed by atoms with Crippen LogP contribution in [0.4, 0.5) is 0 Å². The molecular weight excluding hydrogens is 496 g/mol. The van der Waals surface area contributed by atoms with Crippen LogP contribution < -0.4 is 11.5 Å². The Morgan fingerprint density at radius 3 is 2.70 bits per heavy atom. The summed E-state index contributed by atoms with van der Waals surface area (Å²) < 4.78 is 7.56. The van der Waals surface area contributed by atoms with E-state index < -0.39 is 12.0 Å². The number of ketones is 1. The lowest BCUT2D eigenvalue weighted by atomic mass is 9.97. The number of benzene rings is 2. The largest absolute Gasteiger partial charge is 0.508 e. The zero-order valence-corrected chi connectivity index (χ0v) is 20.6. The van der Waals surface area contributed by atoms with Gasteiger partial charge in [-0.15, -0.1) is 0 Å². The van der Waals surface area contributed by atoms with Crippen molar-refractivity contribution in [3.63, 3.8) is 0 Å². The minimum absolute atomic E-state index is 0.0442. The number of Topliss-reactive ketones (excluding diaryl/α,β-unsaturated/α-hetero) is 1. The summed E-state index contributed by atoms with van der Waals surface area (Å²) in [4.78, 5) is 38.3. The van der Waals surface area contributed by atoms with E-state index in [2.05, 4.69) is 15.0 Å². The van der Waals surface area contributed by atoms with Crippen LogP contribution in [0.15, 0.2) is 48.8 Å². The average Bonchev–Trinajstić information content (AvgIpc) is 3.66. The van der Waals surface area contributed by atoms with Crippen LogP contribution in [0.5, 0.6) is 5.75 Å². The molecule has 0 amide bonds. The van der Waals surface area contributed by atoms with Gasteiger partial charge in [0.2, 0.25) is 5.28 Å². The minimum Gasteiger partial charge on any atom is -0.508 e. The molecule has 0 bridgehead atoms. The monoisotopic (exact) mass is 520 g/mol. The smallest absolute Gasteiger partial charge is 0.323 e. The number of fused-ring (bicyclic) bond motifs is 1. The standard InChI is InChI=1S/C26H25ClN6O4/c27-26-31-22(23-24(32-26)33(13-30-23)16-6-7-16)18-4-2-1-3-15(18)12-37-25(36)20(29)9-14-5-8-17(34)10-19(14)21(35)11-28/h1-5,8,10,13,16,20,34H,6-7,9,11-12,28-29H2. The summed E-state index contributed by atoms with van der Waals surface area (Å²) in [6, 6.07) is 11.0. The van der Waals surface area contributed by atoms with Crippen LogP contribution in [-0.2, 0) is 22.6 Å². The van der Waals surface area contributed by atoms with Crippen LogP contribution in [0.1, 0.15) is 40.4 Å². The van der Waals surface area contributed by atoms with E-state index in [1.165, 1.54) is 12.1 Å². The molecule has 1 atom stereocenters. The molecule has 0 radical (unpaired) electrons. The SMILES string of the molecule is NCC(=O)c1cc(O)ccc1CC(N)C(=O)OCc1ccccc1-c1nc(Cl)nc2c1ncn2C1CC1. The molecule has 5 rings (SSSR count). The number of hydrogen-bond acceptors (Lipinski definition) is 9. The van der Waals surface area contributed by atoms with Gasteiger partial charge in [-0.1, -0.05) is 30.3 Å². The van der Waals surface area contributed by atoms with E-state index in [4.69, 9.17) is 27.8 Å². The highest BCUT2D eigenvalue weighted by atomic mass is 35.5. The molecule has 0 aliphatic heterocycles. The molecule has 190 valence electrons. The first-order valence-corrected chi connectivity index (χ1v) is 12.2. The Bertz CT molecular complexity index is 1500. The highest BCUT2D eigenvalue weighted by Gasteiger charge is 2.27. The fourth-order valence-electron chi connectivity index (χ4n) is 4.26. The number of nitrogens with two attached hydrogens (primary N) is 2. The predicted molar refractivity (Wildman–Crippen MR) is 137 cm³/mol. The number of ether oxygens (including phenoxy) is 1. The molecule has 1 saturated carbocycles. The van der Waals surface area contributed by atoms with Gasteiger partial charge >= 0.3 is 5.97 Å². The van der Waals surface area contributed by atoms with Crippen molar-refractivity contribution >= 4 is 34.5 Å². The van der Waals surface area contributed by atoms with Crippen molar-refractivity contribution in [1.29, 1.82) is 0 Å². The van der Waals surface area contributed by atoms with Gasteiger partial charge in [-0.2, -0.15) is 4.98 Å². The number of phenolic OH excluding ortho intramolecular Hbond substituents is 1. The zero-order valence-electron chi connectivity index (χ0n) is 19.8. The maximum Gasteiger partial charge on any atom is 0.323 e. The first-order valence-electron chi connectivity index (χ1n) is 11.8. The minimum atomic E-state index is -1.03. The Kier molecular flexibility index (Phi) is 6.88. The number of carbonyl (C=O) groups is 2. The highest BCUT2D eigenvalue weighted by Crippen LogP contribution is 2.38. The van der Waals surface area contributed by atoms with Gasteiger partial charge in [-0.3, -0.25) is 9.59 Å². The molecule has 1 fully saturated rings. The summed E-state index contributed by atoms with van der Waals surface area (Å²) >= 11 is 6.27. The maximum absolute atomic E-state index is 12.8. The van der Waals surface area contributed by atoms with Crippen molar-refractivity contribution < 1.29 is 19.4 Å². The molecule has 11 heteroatoms. The highest BCUT2D eigenvalue weighted by molar-refractivity contribution is 6.28.